The molecule has 1 amide bonds. The van der Waals surface area contributed by atoms with Crippen LogP contribution in [0.15, 0.2) is 39.8 Å². The Kier molecular flexibility index (Phi) is 6.16. The van der Waals surface area contributed by atoms with Crippen molar-refractivity contribution in [1.29, 1.82) is 0 Å². The van der Waals surface area contributed by atoms with Crippen molar-refractivity contribution in [1.82, 2.24) is 14.4 Å². The van der Waals surface area contributed by atoms with Crippen LogP contribution in [0.1, 0.15) is 23.6 Å². The van der Waals surface area contributed by atoms with Gasteiger partial charge in [-0.15, -0.1) is 11.3 Å². The van der Waals surface area contributed by atoms with E-state index >= 15 is 0 Å². The highest BCUT2D eigenvalue weighted by Crippen LogP contribution is 2.35. The van der Waals surface area contributed by atoms with Gasteiger partial charge in [-0.2, -0.15) is 9.29 Å². The van der Waals surface area contributed by atoms with Gasteiger partial charge in [-0.1, -0.05) is 16.8 Å². The van der Waals surface area contributed by atoms with Crippen LogP contribution < -0.4 is 5.32 Å². The molecule has 31 heavy (non-hydrogen) atoms. The Labute approximate surface area is 189 Å². The van der Waals surface area contributed by atoms with Gasteiger partial charge in [-0.05, 0) is 50.1 Å². The molecule has 0 saturated carbocycles. The molecule has 3 aromatic rings. The number of hydrogen-bond donors (Lipinski definition) is 1. The molecule has 11 heteroatoms. The Hall–Kier alpha value is -2.27. The van der Waals surface area contributed by atoms with Crippen molar-refractivity contribution in [2.75, 3.05) is 18.4 Å². The smallest absolute Gasteiger partial charge is 0.244 e. The fraction of sp³-hybridized carbons (Fsp3) is 0.350. The topological polar surface area (TPSA) is 105 Å². The van der Waals surface area contributed by atoms with Crippen molar-refractivity contribution < 1.29 is 17.7 Å². The monoisotopic (exact) mass is 480 g/mol. The summed E-state index contributed by atoms with van der Waals surface area (Å²) in [6, 6.07) is 8.39. The number of aryl methyl sites for hydroxylation is 2. The summed E-state index contributed by atoms with van der Waals surface area (Å²) in [6.07, 6.45) is 1.24. The standard InChI is InChI=1S/C20H21ClN4O4S2/c1-12-18(10-17(30-12)19-22-13(2)29-24-19)31(27,28)25-9-3-4-14(11-25)20(26)23-16-7-5-15(21)6-8-16/h5-8,10,14H,3-4,9,11H2,1-2H3,(H,23,26). The molecular formula is C20H21ClN4O4S2. The highest BCUT2D eigenvalue weighted by Gasteiger charge is 2.35. The van der Waals surface area contributed by atoms with E-state index in [1.807, 2.05) is 0 Å². The summed E-state index contributed by atoms with van der Waals surface area (Å²) in [6.45, 7) is 3.94. The maximum atomic E-state index is 13.3. The zero-order valence-electron chi connectivity index (χ0n) is 17.0. The molecule has 2 aromatic heterocycles. The lowest BCUT2D eigenvalue weighted by Crippen LogP contribution is -2.43. The number of amides is 1. The van der Waals surface area contributed by atoms with E-state index in [-0.39, 0.29) is 17.3 Å². The molecule has 1 fully saturated rings. The molecule has 1 saturated heterocycles. The summed E-state index contributed by atoms with van der Waals surface area (Å²) in [5.41, 5.74) is 0.628. The number of nitrogens with zero attached hydrogens (tertiary/aromatic N) is 3. The van der Waals surface area contributed by atoms with E-state index in [0.29, 0.717) is 51.6 Å². The summed E-state index contributed by atoms with van der Waals surface area (Å²) >= 11 is 7.18. The number of sulfonamides is 1. The van der Waals surface area contributed by atoms with E-state index in [1.165, 1.54) is 15.6 Å². The summed E-state index contributed by atoms with van der Waals surface area (Å²) in [5, 5.41) is 7.29. The number of hydrogen-bond acceptors (Lipinski definition) is 7. The number of thiophene rings is 1. The SMILES string of the molecule is Cc1nc(-c2cc(S(=O)(=O)N3CCCC(C(=O)Nc4ccc(Cl)cc4)C3)c(C)s2)no1. The van der Waals surface area contributed by atoms with Gasteiger partial charge in [0.05, 0.1) is 15.7 Å². The highest BCUT2D eigenvalue weighted by molar-refractivity contribution is 7.89. The van der Waals surface area contributed by atoms with Gasteiger partial charge in [-0.25, -0.2) is 8.42 Å². The first kappa shape index (κ1) is 21.9. The van der Waals surface area contributed by atoms with Crippen molar-refractivity contribution in [2.24, 2.45) is 5.92 Å². The Bertz CT molecular complexity index is 1200. The largest absolute Gasteiger partial charge is 0.339 e. The van der Waals surface area contributed by atoms with E-state index in [0.717, 1.165) is 0 Å². The number of nitrogens with one attached hydrogen (secondary N) is 1. The molecule has 1 N–H and O–H groups in total. The third-order valence-corrected chi connectivity index (χ3v) is 8.52. The summed E-state index contributed by atoms with van der Waals surface area (Å²) in [4.78, 5) is 18.4. The van der Waals surface area contributed by atoms with Crippen LogP contribution >= 0.6 is 22.9 Å². The summed E-state index contributed by atoms with van der Waals surface area (Å²) < 4.78 is 33.1. The number of carbonyl (C=O) groups is 1. The molecule has 1 unspecified atom stereocenters. The molecule has 8 nitrogen and oxygen atoms in total. The van der Waals surface area contributed by atoms with Crippen LogP contribution in [0.5, 0.6) is 0 Å². The van der Waals surface area contributed by atoms with Crippen molar-refractivity contribution in [3.63, 3.8) is 0 Å². The minimum atomic E-state index is -3.76. The summed E-state index contributed by atoms with van der Waals surface area (Å²) in [7, 11) is -3.76. The van der Waals surface area contributed by atoms with E-state index in [2.05, 4.69) is 15.5 Å². The first-order valence-corrected chi connectivity index (χ1v) is 12.3. The molecule has 1 aliphatic heterocycles. The van der Waals surface area contributed by atoms with Crippen LogP contribution in [-0.2, 0) is 14.8 Å². The van der Waals surface area contributed by atoms with Gasteiger partial charge in [-0.3, -0.25) is 4.79 Å². The zero-order chi connectivity index (χ0) is 22.2. The fourth-order valence-electron chi connectivity index (χ4n) is 3.52. The van der Waals surface area contributed by atoms with Crippen LogP contribution in [0.2, 0.25) is 5.02 Å². The molecule has 0 aliphatic carbocycles. The van der Waals surface area contributed by atoms with Gasteiger partial charge in [0.15, 0.2) is 0 Å². The van der Waals surface area contributed by atoms with Crippen molar-refractivity contribution in [2.45, 2.75) is 31.6 Å². The predicted octanol–water partition coefficient (Wildman–Crippen LogP) is 4.11. The molecule has 3 heterocycles. The molecule has 0 bridgehead atoms. The highest BCUT2D eigenvalue weighted by atomic mass is 35.5. The molecule has 0 spiro atoms. The minimum absolute atomic E-state index is 0.133. The van der Waals surface area contributed by atoms with Gasteiger partial charge in [0.25, 0.3) is 0 Å². The third-order valence-electron chi connectivity index (χ3n) is 5.10. The fourth-order valence-corrected chi connectivity index (χ4v) is 6.66. The molecule has 1 aromatic carbocycles. The maximum Gasteiger partial charge on any atom is 0.244 e. The van der Waals surface area contributed by atoms with E-state index in [1.54, 1.807) is 44.2 Å². The average Bonchev–Trinajstić information content (AvgIpc) is 3.35. The second-order valence-electron chi connectivity index (χ2n) is 7.37. The van der Waals surface area contributed by atoms with Gasteiger partial charge < -0.3 is 9.84 Å². The lowest BCUT2D eigenvalue weighted by Gasteiger charge is -2.31. The molecule has 164 valence electrons. The Morgan fingerprint density at radius 1 is 1.29 bits per heavy atom. The second kappa shape index (κ2) is 8.70. The van der Waals surface area contributed by atoms with Crippen molar-refractivity contribution >= 4 is 44.6 Å². The lowest BCUT2D eigenvalue weighted by atomic mass is 9.99. The summed E-state index contributed by atoms with van der Waals surface area (Å²) in [5.74, 6) is 0.145. The number of anilines is 1. The van der Waals surface area contributed by atoms with Crippen LogP contribution in [0.4, 0.5) is 5.69 Å². The molecular weight excluding hydrogens is 460 g/mol. The van der Waals surface area contributed by atoms with Crippen LogP contribution in [0.3, 0.4) is 0 Å². The van der Waals surface area contributed by atoms with Crippen LogP contribution in [0, 0.1) is 19.8 Å². The number of halogens is 1. The van der Waals surface area contributed by atoms with Gasteiger partial charge in [0.1, 0.15) is 0 Å². The van der Waals surface area contributed by atoms with Gasteiger partial charge in [0.2, 0.25) is 27.6 Å². The minimum Gasteiger partial charge on any atom is -0.339 e. The third kappa shape index (κ3) is 4.67. The second-order valence-corrected chi connectivity index (χ2v) is 11.0. The van der Waals surface area contributed by atoms with E-state index in [4.69, 9.17) is 16.1 Å². The Balaban J connectivity index is 1.51. The number of piperidine rings is 1. The average molecular weight is 481 g/mol. The quantitative estimate of drug-likeness (QED) is 0.589. The van der Waals surface area contributed by atoms with E-state index < -0.39 is 15.9 Å². The molecule has 1 aliphatic rings. The van der Waals surface area contributed by atoms with Gasteiger partial charge in [0, 0.05) is 35.6 Å². The molecule has 4 rings (SSSR count). The Morgan fingerprint density at radius 2 is 2.03 bits per heavy atom. The van der Waals surface area contributed by atoms with Crippen LogP contribution in [0.25, 0.3) is 10.7 Å². The number of carbonyl (C=O) groups excluding carboxylic acids is 1. The lowest BCUT2D eigenvalue weighted by molar-refractivity contribution is -0.120. The number of benzene rings is 1. The van der Waals surface area contributed by atoms with E-state index in [9.17, 15) is 13.2 Å². The van der Waals surface area contributed by atoms with Crippen molar-refractivity contribution in [3.05, 3.63) is 46.1 Å². The normalized spacial score (nSPS) is 17.6. The van der Waals surface area contributed by atoms with Gasteiger partial charge >= 0.3 is 0 Å². The first-order valence-electron chi connectivity index (χ1n) is 9.72. The first-order chi connectivity index (χ1) is 14.7. The maximum absolute atomic E-state index is 13.3. The Morgan fingerprint density at radius 3 is 2.71 bits per heavy atom. The van der Waals surface area contributed by atoms with Crippen LogP contribution in [-0.4, -0.2) is 41.9 Å². The number of aromatic nitrogens is 2. The zero-order valence-corrected chi connectivity index (χ0v) is 19.4. The number of rotatable bonds is 5. The molecule has 1 atom stereocenters. The predicted molar refractivity (Wildman–Crippen MR) is 119 cm³/mol. The molecule has 0 radical (unpaired) electrons. The van der Waals surface area contributed by atoms with Crippen molar-refractivity contribution in [3.8, 4) is 10.7 Å².